The number of carbonyl (C=O) groups is 1. The summed E-state index contributed by atoms with van der Waals surface area (Å²) in [7, 11) is 0. The molecule has 2 aromatic rings. The van der Waals surface area contributed by atoms with Gasteiger partial charge in [-0.15, -0.1) is 0 Å². The molecule has 0 aliphatic carbocycles. The topological polar surface area (TPSA) is 35.5 Å². The highest BCUT2D eigenvalue weighted by Gasteiger charge is 2.13. The fourth-order valence-corrected chi connectivity index (χ4v) is 2.05. The Hall–Kier alpha value is -2.29. The second kappa shape index (κ2) is 4.18. The third-order valence-electron chi connectivity index (χ3n) is 3.16. The van der Waals surface area contributed by atoms with E-state index >= 15 is 0 Å². The van der Waals surface area contributed by atoms with Crippen molar-refractivity contribution in [1.29, 1.82) is 0 Å². The molecule has 0 saturated heterocycles. The molecule has 18 heavy (non-hydrogen) atoms. The summed E-state index contributed by atoms with van der Waals surface area (Å²) in [4.78, 5) is 11.5. The summed E-state index contributed by atoms with van der Waals surface area (Å²) in [6.45, 7) is 2.14. The molecule has 0 radical (unpaired) electrons. The first kappa shape index (κ1) is 10.8. The van der Waals surface area contributed by atoms with Crippen LogP contribution in [0.4, 0.5) is 4.79 Å². The lowest BCUT2D eigenvalue weighted by atomic mass is 9.93. The number of rotatable bonds is 0. The lowest BCUT2D eigenvalue weighted by Gasteiger charge is -2.15. The minimum Gasteiger partial charge on any atom is -0.395 e. The molecule has 6 rings (SSSR count). The Morgan fingerprint density at radius 1 is 0.778 bits per heavy atom. The molecule has 0 aromatic heterocycles. The molecule has 4 heterocycles. The lowest BCUT2D eigenvalue weighted by Crippen LogP contribution is -2.14. The van der Waals surface area contributed by atoms with E-state index in [0.717, 1.165) is 0 Å². The SMILES string of the molecule is CC1c2ccc(cc2)OC(=O)Oc2ccc1cc2. The summed E-state index contributed by atoms with van der Waals surface area (Å²) in [5.74, 6) is 1.28. The number of carbonyl (C=O) groups excluding carboxylic acids is 1. The van der Waals surface area contributed by atoms with Crippen LogP contribution in [0.2, 0.25) is 0 Å². The molecule has 0 atom stereocenters. The average molecular weight is 240 g/mol. The van der Waals surface area contributed by atoms with Crippen LogP contribution in [0.5, 0.6) is 11.5 Å². The van der Waals surface area contributed by atoms with E-state index in [0.29, 0.717) is 17.4 Å². The number of hydrogen-bond donors (Lipinski definition) is 0. The van der Waals surface area contributed by atoms with Crippen LogP contribution < -0.4 is 9.47 Å². The zero-order valence-electron chi connectivity index (χ0n) is 9.92. The molecule has 4 aliphatic rings. The molecule has 0 amide bonds. The smallest absolute Gasteiger partial charge is 0.395 e. The van der Waals surface area contributed by atoms with Gasteiger partial charge in [0.2, 0.25) is 0 Å². The number of ether oxygens (including phenoxy) is 2. The Balaban J connectivity index is 2.11. The lowest BCUT2D eigenvalue weighted by molar-refractivity contribution is 0.152. The first-order valence-corrected chi connectivity index (χ1v) is 5.82. The summed E-state index contributed by atoms with van der Waals surface area (Å²) < 4.78 is 10.1. The van der Waals surface area contributed by atoms with Crippen molar-refractivity contribution < 1.29 is 14.3 Å². The van der Waals surface area contributed by atoms with Gasteiger partial charge in [0.25, 0.3) is 0 Å². The molecule has 4 aliphatic heterocycles. The zero-order valence-corrected chi connectivity index (χ0v) is 9.92. The van der Waals surface area contributed by atoms with E-state index in [2.05, 4.69) is 6.92 Å². The molecule has 0 N–H and O–H groups in total. The maximum absolute atomic E-state index is 11.5. The molecule has 3 nitrogen and oxygen atoms in total. The predicted molar refractivity (Wildman–Crippen MR) is 67.1 cm³/mol. The van der Waals surface area contributed by atoms with Crippen LogP contribution in [-0.2, 0) is 0 Å². The van der Waals surface area contributed by atoms with Crippen molar-refractivity contribution in [2.45, 2.75) is 12.8 Å². The van der Waals surface area contributed by atoms with Crippen molar-refractivity contribution in [2.24, 2.45) is 0 Å². The molecule has 2 aromatic carbocycles. The highest BCUT2D eigenvalue weighted by molar-refractivity contribution is 5.67. The Labute approximate surface area is 105 Å². The molecule has 0 saturated carbocycles. The summed E-state index contributed by atoms with van der Waals surface area (Å²) >= 11 is 0. The minimum atomic E-state index is -0.718. The van der Waals surface area contributed by atoms with E-state index in [4.69, 9.17) is 9.47 Å². The van der Waals surface area contributed by atoms with Crippen LogP contribution in [0, 0.1) is 0 Å². The quantitative estimate of drug-likeness (QED) is 0.520. The van der Waals surface area contributed by atoms with Crippen LogP contribution in [0.3, 0.4) is 0 Å². The van der Waals surface area contributed by atoms with Crippen molar-refractivity contribution in [2.75, 3.05) is 0 Å². The summed E-state index contributed by atoms with van der Waals surface area (Å²) in [5.41, 5.74) is 2.37. The van der Waals surface area contributed by atoms with Crippen molar-refractivity contribution in [3.63, 3.8) is 0 Å². The molecule has 4 bridgehead atoms. The van der Waals surface area contributed by atoms with Crippen molar-refractivity contribution in [3.05, 3.63) is 59.7 Å². The van der Waals surface area contributed by atoms with Gasteiger partial charge in [0.05, 0.1) is 0 Å². The third-order valence-corrected chi connectivity index (χ3v) is 3.16. The van der Waals surface area contributed by atoms with Gasteiger partial charge in [-0.2, -0.15) is 0 Å². The van der Waals surface area contributed by atoms with E-state index in [1.165, 1.54) is 11.1 Å². The zero-order chi connectivity index (χ0) is 12.5. The predicted octanol–water partition coefficient (Wildman–Crippen LogP) is 3.73. The van der Waals surface area contributed by atoms with E-state index in [9.17, 15) is 4.79 Å². The van der Waals surface area contributed by atoms with Crippen molar-refractivity contribution >= 4 is 6.16 Å². The van der Waals surface area contributed by atoms with Crippen LogP contribution >= 0.6 is 0 Å². The van der Waals surface area contributed by atoms with Gasteiger partial charge in [0.15, 0.2) is 0 Å². The molecule has 0 unspecified atom stereocenters. The largest absolute Gasteiger partial charge is 0.519 e. The molecular formula is C15H12O3. The Kier molecular flexibility index (Phi) is 2.52. The minimum absolute atomic E-state index is 0.295. The average Bonchev–Trinajstić information content (AvgIpc) is 2.38. The molecule has 0 spiro atoms. The fourth-order valence-electron chi connectivity index (χ4n) is 2.05. The first-order chi connectivity index (χ1) is 8.72. The molecule has 3 heteroatoms. The molecular weight excluding hydrogens is 228 g/mol. The highest BCUT2D eigenvalue weighted by atomic mass is 16.7. The third kappa shape index (κ3) is 1.95. The first-order valence-electron chi connectivity index (χ1n) is 5.82. The Bertz CT molecular complexity index is 518. The van der Waals surface area contributed by atoms with Crippen LogP contribution in [0.1, 0.15) is 24.0 Å². The van der Waals surface area contributed by atoms with E-state index in [1.54, 1.807) is 24.3 Å². The van der Waals surface area contributed by atoms with Crippen molar-refractivity contribution in [1.82, 2.24) is 0 Å². The van der Waals surface area contributed by atoms with E-state index in [-0.39, 0.29) is 0 Å². The second-order valence-electron chi connectivity index (χ2n) is 4.31. The standard InChI is InChI=1S/C15H12O3/c1-10-11-2-6-13(7-3-11)17-15(16)18-14-8-4-12(10)5-9-14/h2-10H,1H3. The second-order valence-corrected chi connectivity index (χ2v) is 4.31. The van der Waals surface area contributed by atoms with Crippen LogP contribution in [0.15, 0.2) is 48.5 Å². The Morgan fingerprint density at radius 2 is 1.17 bits per heavy atom. The van der Waals surface area contributed by atoms with Crippen LogP contribution in [-0.4, -0.2) is 6.16 Å². The van der Waals surface area contributed by atoms with E-state index in [1.807, 2.05) is 24.3 Å². The number of hydrogen-bond acceptors (Lipinski definition) is 3. The monoisotopic (exact) mass is 240 g/mol. The Morgan fingerprint density at radius 3 is 1.56 bits per heavy atom. The van der Waals surface area contributed by atoms with Gasteiger partial charge in [0, 0.05) is 5.92 Å². The van der Waals surface area contributed by atoms with Gasteiger partial charge in [0.1, 0.15) is 11.5 Å². The molecule has 0 fully saturated rings. The van der Waals surface area contributed by atoms with Gasteiger partial charge in [-0.05, 0) is 35.4 Å². The normalized spacial score (nSPS) is 14.6. The summed E-state index contributed by atoms with van der Waals surface area (Å²) in [6.07, 6.45) is -0.718. The maximum atomic E-state index is 11.5. The highest BCUT2D eigenvalue weighted by Crippen LogP contribution is 2.28. The van der Waals surface area contributed by atoms with Gasteiger partial charge in [-0.1, -0.05) is 31.2 Å². The molecule has 90 valence electrons. The van der Waals surface area contributed by atoms with Gasteiger partial charge >= 0.3 is 6.16 Å². The fraction of sp³-hybridized carbons (Fsp3) is 0.133. The summed E-state index contributed by atoms with van der Waals surface area (Å²) in [6, 6.07) is 15.0. The summed E-state index contributed by atoms with van der Waals surface area (Å²) in [5, 5.41) is 0. The maximum Gasteiger partial charge on any atom is 0.519 e. The van der Waals surface area contributed by atoms with Gasteiger partial charge in [-0.3, -0.25) is 0 Å². The number of benzene rings is 2. The van der Waals surface area contributed by atoms with E-state index < -0.39 is 6.16 Å². The van der Waals surface area contributed by atoms with Gasteiger partial charge in [-0.25, -0.2) is 4.79 Å². The van der Waals surface area contributed by atoms with Crippen LogP contribution in [0.25, 0.3) is 0 Å². The van der Waals surface area contributed by atoms with Gasteiger partial charge < -0.3 is 9.47 Å². The van der Waals surface area contributed by atoms with Crippen molar-refractivity contribution in [3.8, 4) is 11.5 Å².